The summed E-state index contributed by atoms with van der Waals surface area (Å²) in [6.45, 7) is 6.50. The van der Waals surface area contributed by atoms with E-state index >= 15 is 0 Å². The van der Waals surface area contributed by atoms with Gasteiger partial charge in [0.2, 0.25) is 0 Å². The highest BCUT2D eigenvalue weighted by atomic mass is 16.6. The van der Waals surface area contributed by atoms with Crippen LogP contribution in [0.25, 0.3) is 0 Å². The van der Waals surface area contributed by atoms with Crippen molar-refractivity contribution in [1.29, 1.82) is 0 Å². The molecule has 0 saturated heterocycles. The first-order valence-corrected chi connectivity index (χ1v) is 27.3. The maximum atomic E-state index is 12.8. The van der Waals surface area contributed by atoms with Crippen LogP contribution in [0.5, 0.6) is 0 Å². The number of hydrogen-bond donors (Lipinski definition) is 0. The molecular formula is C58H102O6. The lowest BCUT2D eigenvalue weighted by molar-refractivity contribution is -0.167. The van der Waals surface area contributed by atoms with E-state index < -0.39 is 6.10 Å². The zero-order valence-corrected chi connectivity index (χ0v) is 42.3. The molecule has 0 aliphatic carbocycles. The SMILES string of the molecule is CC/C=C\C/C=C\C/C=C\C/C=C\C/C=C\CCCC(=O)OC[C@@H](COC(=O)CCCCCCCCCCCCCC)OC(=O)CCCCCCCCCCCCCCCCCCC. The van der Waals surface area contributed by atoms with E-state index in [9.17, 15) is 14.4 Å². The Morgan fingerprint density at radius 3 is 0.953 bits per heavy atom. The molecule has 0 aromatic rings. The molecule has 0 aliphatic heterocycles. The monoisotopic (exact) mass is 895 g/mol. The molecule has 0 fully saturated rings. The van der Waals surface area contributed by atoms with Gasteiger partial charge in [0.1, 0.15) is 13.2 Å². The molecule has 1 atom stereocenters. The molecule has 0 aliphatic rings. The molecule has 0 N–H and O–H groups in total. The fraction of sp³-hybridized carbons (Fsp3) is 0.776. The highest BCUT2D eigenvalue weighted by Gasteiger charge is 2.19. The Morgan fingerprint density at radius 1 is 0.328 bits per heavy atom. The third-order valence-corrected chi connectivity index (χ3v) is 11.8. The Balaban J connectivity index is 4.42. The third-order valence-electron chi connectivity index (χ3n) is 11.8. The quantitative estimate of drug-likeness (QED) is 0.0262. The number of unbranched alkanes of at least 4 members (excludes halogenated alkanes) is 28. The van der Waals surface area contributed by atoms with Gasteiger partial charge in [0.05, 0.1) is 0 Å². The number of allylic oxidation sites excluding steroid dienone is 10. The minimum absolute atomic E-state index is 0.0881. The van der Waals surface area contributed by atoms with Crippen molar-refractivity contribution in [1.82, 2.24) is 0 Å². The van der Waals surface area contributed by atoms with Gasteiger partial charge in [-0.25, -0.2) is 0 Å². The number of hydrogen-bond acceptors (Lipinski definition) is 6. The summed E-state index contributed by atoms with van der Waals surface area (Å²) in [6.07, 6.45) is 65.0. The highest BCUT2D eigenvalue weighted by molar-refractivity contribution is 5.71. The van der Waals surface area contributed by atoms with E-state index in [0.717, 1.165) is 77.0 Å². The topological polar surface area (TPSA) is 78.9 Å². The van der Waals surface area contributed by atoms with Gasteiger partial charge in [-0.2, -0.15) is 0 Å². The van der Waals surface area contributed by atoms with Crippen LogP contribution in [0.2, 0.25) is 0 Å². The van der Waals surface area contributed by atoms with Crippen LogP contribution in [0.1, 0.15) is 271 Å². The van der Waals surface area contributed by atoms with E-state index in [1.807, 2.05) is 0 Å². The molecule has 0 rings (SSSR count). The first kappa shape index (κ1) is 61.1. The lowest BCUT2D eigenvalue weighted by Crippen LogP contribution is -2.30. The van der Waals surface area contributed by atoms with Gasteiger partial charge < -0.3 is 14.2 Å². The standard InChI is InChI=1S/C58H102O6/c1-4-7-10-13-16-19-22-25-27-29-31-33-36-39-42-45-48-51-57(60)63-54-55(53-62-56(59)50-47-44-41-38-35-24-21-18-15-12-9-6-3)64-58(61)52-49-46-43-40-37-34-32-30-28-26-23-20-17-14-11-8-5-2/h7,10,16,19,25,27,31,33,39,42,55H,4-6,8-9,11-15,17-18,20-24,26,28-30,32,34-38,40-41,43-54H2,1-3H3/b10-7-,19-16-,27-25-,33-31-,42-39-/t55-/m1/s1. The Hall–Kier alpha value is -2.89. The summed E-state index contributed by atoms with van der Waals surface area (Å²) in [5.74, 6) is -0.938. The molecule has 0 heterocycles. The van der Waals surface area contributed by atoms with Crippen LogP contribution < -0.4 is 0 Å². The first-order valence-electron chi connectivity index (χ1n) is 27.3. The summed E-state index contributed by atoms with van der Waals surface area (Å²) < 4.78 is 16.8. The molecule has 0 unspecified atom stereocenters. The first-order chi connectivity index (χ1) is 31.5. The molecule has 0 spiro atoms. The molecule has 6 nitrogen and oxygen atoms in total. The van der Waals surface area contributed by atoms with Crippen molar-refractivity contribution >= 4 is 17.9 Å². The van der Waals surface area contributed by atoms with Crippen LogP contribution in [-0.2, 0) is 28.6 Å². The van der Waals surface area contributed by atoms with Crippen LogP contribution in [0, 0.1) is 0 Å². The van der Waals surface area contributed by atoms with Crippen molar-refractivity contribution in [3.05, 3.63) is 60.8 Å². The molecule has 370 valence electrons. The second-order valence-electron chi connectivity index (χ2n) is 18.1. The maximum Gasteiger partial charge on any atom is 0.306 e. The molecule has 0 saturated carbocycles. The number of carbonyl (C=O) groups excluding carboxylic acids is 3. The van der Waals surface area contributed by atoms with E-state index in [4.69, 9.17) is 14.2 Å². The smallest absolute Gasteiger partial charge is 0.306 e. The van der Waals surface area contributed by atoms with E-state index in [-0.39, 0.29) is 37.5 Å². The van der Waals surface area contributed by atoms with Crippen molar-refractivity contribution in [3.8, 4) is 0 Å². The molecule has 6 heteroatoms. The molecule has 0 bridgehead atoms. The summed E-state index contributed by atoms with van der Waals surface area (Å²) in [5.41, 5.74) is 0. The Labute approximate surface area is 396 Å². The third kappa shape index (κ3) is 50.1. The highest BCUT2D eigenvalue weighted by Crippen LogP contribution is 2.16. The van der Waals surface area contributed by atoms with Crippen molar-refractivity contribution in [2.75, 3.05) is 13.2 Å². The lowest BCUT2D eigenvalue weighted by Gasteiger charge is -2.18. The van der Waals surface area contributed by atoms with Crippen molar-refractivity contribution < 1.29 is 28.6 Å². The van der Waals surface area contributed by atoms with E-state index in [1.165, 1.54) is 148 Å². The van der Waals surface area contributed by atoms with Gasteiger partial charge in [0.25, 0.3) is 0 Å². The average molecular weight is 895 g/mol. The van der Waals surface area contributed by atoms with Gasteiger partial charge >= 0.3 is 17.9 Å². The molecular weight excluding hydrogens is 793 g/mol. The predicted molar refractivity (Wildman–Crippen MR) is 275 cm³/mol. The van der Waals surface area contributed by atoms with E-state index in [1.54, 1.807) is 0 Å². The van der Waals surface area contributed by atoms with Crippen LogP contribution in [0.4, 0.5) is 0 Å². The summed E-state index contributed by atoms with van der Waals surface area (Å²) in [7, 11) is 0. The second-order valence-corrected chi connectivity index (χ2v) is 18.1. The minimum Gasteiger partial charge on any atom is -0.462 e. The van der Waals surface area contributed by atoms with Crippen molar-refractivity contribution in [2.45, 2.75) is 277 Å². The van der Waals surface area contributed by atoms with Crippen LogP contribution in [-0.4, -0.2) is 37.2 Å². The molecule has 0 aromatic carbocycles. The van der Waals surface area contributed by atoms with Gasteiger partial charge in [-0.3, -0.25) is 14.4 Å². The number of esters is 3. The lowest BCUT2D eigenvalue weighted by atomic mass is 10.0. The predicted octanol–water partition coefficient (Wildman–Crippen LogP) is 18.0. The van der Waals surface area contributed by atoms with Gasteiger partial charge in [0, 0.05) is 19.3 Å². The molecule has 0 amide bonds. The minimum atomic E-state index is -0.792. The fourth-order valence-corrected chi connectivity index (χ4v) is 7.71. The summed E-state index contributed by atoms with van der Waals surface area (Å²) >= 11 is 0. The van der Waals surface area contributed by atoms with Crippen LogP contribution >= 0.6 is 0 Å². The zero-order valence-electron chi connectivity index (χ0n) is 42.3. The second kappa shape index (κ2) is 52.7. The number of ether oxygens (including phenoxy) is 3. The van der Waals surface area contributed by atoms with Gasteiger partial charge in [-0.05, 0) is 57.8 Å². The maximum absolute atomic E-state index is 12.8. The van der Waals surface area contributed by atoms with Crippen molar-refractivity contribution in [3.63, 3.8) is 0 Å². The largest absolute Gasteiger partial charge is 0.462 e. The fourth-order valence-electron chi connectivity index (χ4n) is 7.71. The molecule has 0 radical (unpaired) electrons. The summed E-state index contributed by atoms with van der Waals surface area (Å²) in [6, 6.07) is 0. The Morgan fingerprint density at radius 2 is 0.609 bits per heavy atom. The van der Waals surface area contributed by atoms with Crippen LogP contribution in [0.15, 0.2) is 60.8 Å². The Kier molecular flexibility index (Phi) is 50.4. The number of rotatable bonds is 49. The van der Waals surface area contributed by atoms with Gasteiger partial charge in [0.15, 0.2) is 6.10 Å². The summed E-state index contributed by atoms with van der Waals surface area (Å²) in [5, 5.41) is 0. The van der Waals surface area contributed by atoms with Gasteiger partial charge in [-0.1, -0.05) is 255 Å². The Bertz CT molecular complexity index is 1170. The molecule has 0 aromatic heterocycles. The summed E-state index contributed by atoms with van der Waals surface area (Å²) in [4.78, 5) is 38.0. The average Bonchev–Trinajstić information content (AvgIpc) is 3.29. The normalized spacial score (nSPS) is 12.5. The van der Waals surface area contributed by atoms with Gasteiger partial charge in [-0.15, -0.1) is 0 Å². The number of carbonyl (C=O) groups is 3. The van der Waals surface area contributed by atoms with Crippen molar-refractivity contribution in [2.24, 2.45) is 0 Å². The zero-order chi connectivity index (χ0) is 46.5. The molecule has 64 heavy (non-hydrogen) atoms. The van der Waals surface area contributed by atoms with E-state index in [2.05, 4.69) is 81.5 Å². The van der Waals surface area contributed by atoms with E-state index in [0.29, 0.717) is 19.3 Å². The van der Waals surface area contributed by atoms with Crippen LogP contribution in [0.3, 0.4) is 0 Å².